The maximum Gasteiger partial charge on any atom is 0.325 e. The molecule has 1 aromatic rings. The Labute approximate surface area is 89.4 Å². The third-order valence-electron chi connectivity index (χ3n) is 1.84. The number of hydrogen-bond acceptors (Lipinski definition) is 4. The number of H-pyrrole nitrogens is 1. The molecule has 1 aromatic heterocycles. The summed E-state index contributed by atoms with van der Waals surface area (Å²) >= 11 is 0. The normalized spacial score (nSPS) is 11.8. The molecule has 16 heavy (non-hydrogen) atoms. The van der Waals surface area contributed by atoms with Crippen molar-refractivity contribution in [2.75, 3.05) is 0 Å². The Hall–Kier alpha value is -2.38. The van der Waals surface area contributed by atoms with Gasteiger partial charge in [0.05, 0.1) is 11.1 Å². The molecular weight excluding hydrogens is 218 g/mol. The molecule has 0 bridgehead atoms. The number of aromatic amines is 1. The minimum absolute atomic E-state index is 0.0557. The third kappa shape index (κ3) is 2.56. The zero-order chi connectivity index (χ0) is 12.3. The van der Waals surface area contributed by atoms with E-state index in [9.17, 15) is 19.7 Å². The summed E-state index contributed by atoms with van der Waals surface area (Å²) in [5.41, 5.74) is -0.312. The molecule has 0 unspecified atom stereocenters. The highest BCUT2D eigenvalue weighted by atomic mass is 16.6. The number of aliphatic carboxylic acids is 1. The second-order valence-corrected chi connectivity index (χ2v) is 3.06. The van der Waals surface area contributed by atoms with Crippen LogP contribution in [0.2, 0.25) is 0 Å². The van der Waals surface area contributed by atoms with Crippen LogP contribution in [0, 0.1) is 10.1 Å². The lowest BCUT2D eigenvalue weighted by molar-refractivity contribution is -0.384. The summed E-state index contributed by atoms with van der Waals surface area (Å²) < 4.78 is 0. The number of rotatable bonds is 4. The van der Waals surface area contributed by atoms with Gasteiger partial charge in [0.15, 0.2) is 0 Å². The number of nitrogens with one attached hydrogen (secondary N) is 2. The number of amides is 1. The molecule has 1 atom stereocenters. The molecule has 1 amide bonds. The van der Waals surface area contributed by atoms with Crippen LogP contribution in [0.4, 0.5) is 5.69 Å². The van der Waals surface area contributed by atoms with Crippen LogP contribution in [0.5, 0.6) is 0 Å². The molecule has 1 heterocycles. The van der Waals surface area contributed by atoms with Crippen molar-refractivity contribution in [1.82, 2.24) is 10.3 Å². The van der Waals surface area contributed by atoms with Gasteiger partial charge in [-0.1, -0.05) is 0 Å². The van der Waals surface area contributed by atoms with E-state index in [2.05, 4.69) is 10.3 Å². The highest BCUT2D eigenvalue weighted by Crippen LogP contribution is 2.11. The van der Waals surface area contributed by atoms with Gasteiger partial charge in [-0.2, -0.15) is 0 Å². The number of carbonyl (C=O) groups excluding carboxylic acids is 1. The van der Waals surface area contributed by atoms with Crippen molar-refractivity contribution in [2.24, 2.45) is 0 Å². The lowest BCUT2D eigenvalue weighted by Gasteiger charge is -2.07. The third-order valence-corrected chi connectivity index (χ3v) is 1.84. The van der Waals surface area contributed by atoms with E-state index in [1.54, 1.807) is 0 Å². The minimum atomic E-state index is -1.19. The van der Waals surface area contributed by atoms with Gasteiger partial charge in [-0.15, -0.1) is 0 Å². The Morgan fingerprint density at radius 3 is 2.69 bits per heavy atom. The van der Waals surface area contributed by atoms with Gasteiger partial charge < -0.3 is 15.4 Å². The Bertz CT molecular complexity index is 439. The predicted molar refractivity (Wildman–Crippen MR) is 52.0 cm³/mol. The molecule has 8 nitrogen and oxygen atoms in total. The molecule has 0 aromatic carbocycles. The first-order valence-corrected chi connectivity index (χ1v) is 4.28. The Morgan fingerprint density at radius 1 is 1.62 bits per heavy atom. The highest BCUT2D eigenvalue weighted by molar-refractivity contribution is 5.95. The van der Waals surface area contributed by atoms with Gasteiger partial charge in [0.1, 0.15) is 11.7 Å². The minimum Gasteiger partial charge on any atom is -0.480 e. The monoisotopic (exact) mass is 227 g/mol. The van der Waals surface area contributed by atoms with Crippen molar-refractivity contribution < 1.29 is 19.6 Å². The number of hydrogen-bond donors (Lipinski definition) is 3. The van der Waals surface area contributed by atoms with Crippen LogP contribution in [0.15, 0.2) is 12.3 Å². The highest BCUT2D eigenvalue weighted by Gasteiger charge is 2.18. The molecule has 0 aliphatic heterocycles. The van der Waals surface area contributed by atoms with Crippen molar-refractivity contribution in [2.45, 2.75) is 13.0 Å². The first-order chi connectivity index (χ1) is 7.41. The number of nitro groups is 1. The quantitative estimate of drug-likeness (QED) is 0.497. The van der Waals surface area contributed by atoms with E-state index in [0.717, 1.165) is 12.3 Å². The fourth-order valence-corrected chi connectivity index (χ4v) is 0.956. The van der Waals surface area contributed by atoms with Crippen LogP contribution in [-0.4, -0.2) is 32.9 Å². The average molecular weight is 227 g/mol. The topological polar surface area (TPSA) is 125 Å². The fraction of sp³-hybridized carbons (Fsp3) is 0.250. The Balaban J connectivity index is 2.73. The number of carbonyl (C=O) groups is 2. The van der Waals surface area contributed by atoms with Gasteiger partial charge in [-0.3, -0.25) is 19.7 Å². The molecule has 0 radical (unpaired) electrons. The summed E-state index contributed by atoms with van der Waals surface area (Å²) in [6.07, 6.45) is 1.06. The van der Waals surface area contributed by atoms with E-state index < -0.39 is 22.8 Å². The van der Waals surface area contributed by atoms with Crippen LogP contribution < -0.4 is 5.32 Å². The maximum atomic E-state index is 11.4. The molecule has 1 rings (SSSR count). The predicted octanol–water partition coefficient (Wildman–Crippen LogP) is 0.126. The lowest BCUT2D eigenvalue weighted by Crippen LogP contribution is -2.38. The zero-order valence-electron chi connectivity index (χ0n) is 8.26. The SMILES string of the molecule is C[C@H](NC(=O)c1cc([N+](=O)[O-])c[nH]1)C(=O)O. The van der Waals surface area contributed by atoms with E-state index >= 15 is 0 Å². The molecule has 3 N–H and O–H groups in total. The summed E-state index contributed by atoms with van der Waals surface area (Å²) in [5, 5.41) is 21.0. The summed E-state index contributed by atoms with van der Waals surface area (Å²) in [7, 11) is 0. The van der Waals surface area contributed by atoms with Crippen LogP contribution in [0.1, 0.15) is 17.4 Å². The van der Waals surface area contributed by atoms with Crippen LogP contribution in [-0.2, 0) is 4.79 Å². The standard InChI is InChI=1S/C8H9N3O5/c1-4(8(13)14)10-7(12)6-2-5(3-9-6)11(15)16/h2-4,9H,1H3,(H,10,12)(H,13,14)/t4-/m0/s1. The van der Waals surface area contributed by atoms with E-state index in [4.69, 9.17) is 5.11 Å². The van der Waals surface area contributed by atoms with Crippen LogP contribution in [0.25, 0.3) is 0 Å². The van der Waals surface area contributed by atoms with E-state index in [-0.39, 0.29) is 11.4 Å². The van der Waals surface area contributed by atoms with Crippen molar-refractivity contribution in [3.05, 3.63) is 28.1 Å². The smallest absolute Gasteiger partial charge is 0.325 e. The maximum absolute atomic E-state index is 11.4. The lowest BCUT2D eigenvalue weighted by atomic mass is 10.3. The van der Waals surface area contributed by atoms with Gasteiger partial charge in [0, 0.05) is 6.07 Å². The van der Waals surface area contributed by atoms with Gasteiger partial charge in [0.25, 0.3) is 11.6 Å². The van der Waals surface area contributed by atoms with Crippen LogP contribution >= 0.6 is 0 Å². The molecule has 0 aliphatic carbocycles. The zero-order valence-corrected chi connectivity index (χ0v) is 8.26. The summed E-state index contributed by atoms with van der Waals surface area (Å²) in [6.45, 7) is 1.29. The molecule has 86 valence electrons. The van der Waals surface area contributed by atoms with Gasteiger partial charge in [-0.05, 0) is 6.92 Å². The summed E-state index contributed by atoms with van der Waals surface area (Å²) in [5.74, 6) is -1.89. The van der Waals surface area contributed by atoms with Crippen molar-refractivity contribution in [1.29, 1.82) is 0 Å². The van der Waals surface area contributed by atoms with E-state index in [1.807, 2.05) is 0 Å². The largest absolute Gasteiger partial charge is 0.480 e. The molecule has 0 saturated carbocycles. The number of carboxylic acids is 1. The van der Waals surface area contributed by atoms with Crippen molar-refractivity contribution >= 4 is 17.6 Å². The van der Waals surface area contributed by atoms with Crippen molar-refractivity contribution in [3.63, 3.8) is 0 Å². The first kappa shape index (κ1) is 11.7. The fourth-order valence-electron chi connectivity index (χ4n) is 0.956. The number of carboxylic acid groups (broad SMARTS) is 1. The van der Waals surface area contributed by atoms with Crippen molar-refractivity contribution in [3.8, 4) is 0 Å². The molecule has 8 heteroatoms. The Morgan fingerprint density at radius 2 is 2.25 bits per heavy atom. The van der Waals surface area contributed by atoms with Gasteiger partial charge >= 0.3 is 5.97 Å². The second kappa shape index (κ2) is 4.43. The molecule has 0 fully saturated rings. The van der Waals surface area contributed by atoms with Gasteiger partial charge in [0.2, 0.25) is 0 Å². The van der Waals surface area contributed by atoms with Crippen LogP contribution in [0.3, 0.4) is 0 Å². The second-order valence-electron chi connectivity index (χ2n) is 3.06. The molecular formula is C8H9N3O5. The molecule has 0 aliphatic rings. The number of nitrogens with zero attached hydrogens (tertiary/aromatic N) is 1. The molecule has 0 saturated heterocycles. The average Bonchev–Trinajstić information content (AvgIpc) is 2.65. The van der Waals surface area contributed by atoms with E-state index in [0.29, 0.717) is 0 Å². The molecule has 0 spiro atoms. The number of aromatic nitrogens is 1. The van der Waals surface area contributed by atoms with Gasteiger partial charge in [-0.25, -0.2) is 0 Å². The first-order valence-electron chi connectivity index (χ1n) is 4.28. The summed E-state index contributed by atoms with van der Waals surface area (Å²) in [4.78, 5) is 33.9. The Kier molecular flexibility index (Phi) is 3.24. The summed E-state index contributed by atoms with van der Waals surface area (Å²) in [6, 6.07) is -0.0287. The van der Waals surface area contributed by atoms with E-state index in [1.165, 1.54) is 6.92 Å².